The van der Waals surface area contributed by atoms with E-state index in [2.05, 4.69) is 72.7 Å². The van der Waals surface area contributed by atoms with E-state index in [0.29, 0.717) is 12.4 Å². The molecule has 1 aliphatic heterocycles. The van der Waals surface area contributed by atoms with E-state index in [-0.39, 0.29) is 10.1 Å². The van der Waals surface area contributed by atoms with Crippen LogP contribution < -0.4 is 11.2 Å². The van der Waals surface area contributed by atoms with Crippen molar-refractivity contribution in [3.63, 3.8) is 0 Å². The minimum absolute atomic E-state index is 0.00173. The maximum Gasteiger partial charge on any atom is 0.331 e. The first-order valence-electron chi connectivity index (χ1n) is 10.5. The molecule has 0 fully saturated rings. The van der Waals surface area contributed by atoms with Crippen LogP contribution in [0.15, 0.2) is 33.7 Å². The summed E-state index contributed by atoms with van der Waals surface area (Å²) in [5.74, 6) is 0.659. The highest BCUT2D eigenvalue weighted by Gasteiger charge is 2.44. The lowest BCUT2D eigenvalue weighted by molar-refractivity contribution is -0.00485. The fourth-order valence-electron chi connectivity index (χ4n) is 2.53. The number of aromatic nitrogens is 2. The molecular weight excluding hydrogens is 416 g/mol. The van der Waals surface area contributed by atoms with E-state index in [1.807, 2.05) is 6.08 Å². The number of hydrogen-bond acceptors (Lipinski definition) is 5. The van der Waals surface area contributed by atoms with Gasteiger partial charge in [0.25, 0.3) is 5.56 Å². The number of rotatable bonds is 6. The topological polar surface area (TPSA) is 82.5 Å². The zero-order valence-electron chi connectivity index (χ0n) is 20.1. The molecule has 2 heterocycles. The highest BCUT2D eigenvalue weighted by molar-refractivity contribution is 6.74. The Kier molecular flexibility index (Phi) is 6.83. The molecule has 0 aromatic carbocycles. The molecule has 2 atom stereocenters. The standard InChI is InChI=1S/C21H38N2O5Si2/c1-20(2,3)29(7,8)26-14-15-13-16(28-30(9,10)21(4,5)6)18(27-15)23-12-11-17(24)22-19(23)25/h11-13,16,18H,14H2,1-10H3,(H,22,24,25)/t16-,18-/m1/s1. The third-order valence-corrected chi connectivity index (χ3v) is 15.6. The van der Waals surface area contributed by atoms with Gasteiger partial charge in [0.05, 0.1) is 6.61 Å². The molecule has 0 amide bonds. The van der Waals surface area contributed by atoms with Crippen LogP contribution in [0.2, 0.25) is 36.3 Å². The predicted molar refractivity (Wildman–Crippen MR) is 125 cm³/mol. The van der Waals surface area contributed by atoms with E-state index < -0.39 is 40.2 Å². The fraction of sp³-hybridized carbons (Fsp3) is 0.714. The van der Waals surface area contributed by atoms with Crippen LogP contribution in [-0.4, -0.2) is 38.9 Å². The van der Waals surface area contributed by atoms with Crippen LogP contribution in [0.1, 0.15) is 47.8 Å². The van der Waals surface area contributed by atoms with Crippen molar-refractivity contribution in [2.75, 3.05) is 6.61 Å². The third kappa shape index (κ3) is 5.43. The lowest BCUT2D eigenvalue weighted by Crippen LogP contribution is -2.46. The van der Waals surface area contributed by atoms with Crippen molar-refractivity contribution >= 4 is 16.6 Å². The van der Waals surface area contributed by atoms with Gasteiger partial charge in [0.1, 0.15) is 11.9 Å². The summed E-state index contributed by atoms with van der Waals surface area (Å²) in [6.07, 6.45) is 2.27. The molecule has 0 aliphatic carbocycles. The molecule has 1 N–H and O–H groups in total. The fourth-order valence-corrected chi connectivity index (χ4v) is 4.68. The maximum absolute atomic E-state index is 12.4. The Bertz CT molecular complexity index is 903. The summed E-state index contributed by atoms with van der Waals surface area (Å²) in [7, 11) is -4.10. The molecule has 9 heteroatoms. The van der Waals surface area contributed by atoms with E-state index in [9.17, 15) is 9.59 Å². The second kappa shape index (κ2) is 8.25. The number of hydrogen-bond donors (Lipinski definition) is 1. The van der Waals surface area contributed by atoms with E-state index in [0.717, 1.165) is 0 Å². The van der Waals surface area contributed by atoms with Gasteiger partial charge in [0.15, 0.2) is 16.6 Å². The highest BCUT2D eigenvalue weighted by atomic mass is 28.4. The number of nitrogens with one attached hydrogen (secondary N) is 1. The summed E-state index contributed by atoms with van der Waals surface area (Å²) in [5.41, 5.74) is -0.957. The van der Waals surface area contributed by atoms with Gasteiger partial charge in [-0.15, -0.1) is 0 Å². The largest absolute Gasteiger partial charge is 0.469 e. The first-order valence-corrected chi connectivity index (χ1v) is 16.3. The second-order valence-corrected chi connectivity index (χ2v) is 20.6. The van der Waals surface area contributed by atoms with E-state index in [1.165, 1.54) is 16.8 Å². The number of aromatic amines is 1. The van der Waals surface area contributed by atoms with Crippen molar-refractivity contribution in [1.29, 1.82) is 0 Å². The molecule has 0 bridgehead atoms. The number of H-pyrrole nitrogens is 1. The van der Waals surface area contributed by atoms with Gasteiger partial charge in [-0.2, -0.15) is 0 Å². The van der Waals surface area contributed by atoms with Gasteiger partial charge >= 0.3 is 5.69 Å². The quantitative estimate of drug-likeness (QED) is 0.646. The van der Waals surface area contributed by atoms with Crippen LogP contribution in [0.4, 0.5) is 0 Å². The zero-order chi connectivity index (χ0) is 23.1. The number of nitrogens with zero attached hydrogens (tertiary/aromatic N) is 1. The van der Waals surface area contributed by atoms with Crippen LogP contribution >= 0.6 is 0 Å². The smallest absolute Gasteiger partial charge is 0.331 e. The van der Waals surface area contributed by atoms with Crippen molar-refractivity contribution < 1.29 is 13.6 Å². The van der Waals surface area contributed by atoms with E-state index in [1.54, 1.807) is 0 Å². The molecule has 1 aromatic heterocycles. The maximum atomic E-state index is 12.4. The average molecular weight is 455 g/mol. The molecule has 0 radical (unpaired) electrons. The molecule has 2 rings (SSSR count). The van der Waals surface area contributed by atoms with E-state index in [4.69, 9.17) is 13.6 Å². The molecule has 30 heavy (non-hydrogen) atoms. The second-order valence-electron chi connectivity index (χ2n) is 11.1. The summed E-state index contributed by atoms with van der Waals surface area (Å²) in [6.45, 7) is 22.1. The summed E-state index contributed by atoms with van der Waals surface area (Å²) in [6, 6.07) is 1.32. The summed E-state index contributed by atoms with van der Waals surface area (Å²) < 4.78 is 20.4. The summed E-state index contributed by atoms with van der Waals surface area (Å²) in [5, 5.41) is 0.0835. The zero-order valence-corrected chi connectivity index (χ0v) is 22.1. The van der Waals surface area contributed by atoms with Crippen molar-refractivity contribution in [3.8, 4) is 0 Å². The summed E-state index contributed by atoms with van der Waals surface area (Å²) in [4.78, 5) is 26.2. The normalized spacial score (nSPS) is 20.8. The Morgan fingerprint density at radius 2 is 1.60 bits per heavy atom. The van der Waals surface area contributed by atoms with Gasteiger partial charge < -0.3 is 13.6 Å². The van der Waals surface area contributed by atoms with Crippen molar-refractivity contribution in [3.05, 3.63) is 44.9 Å². The van der Waals surface area contributed by atoms with Crippen molar-refractivity contribution in [1.82, 2.24) is 9.55 Å². The highest BCUT2D eigenvalue weighted by Crippen LogP contribution is 2.41. The third-order valence-electron chi connectivity index (χ3n) is 6.65. The van der Waals surface area contributed by atoms with Crippen LogP contribution in [-0.2, 0) is 13.6 Å². The Labute approximate surface area is 181 Å². The van der Waals surface area contributed by atoms with Gasteiger partial charge in [-0.25, -0.2) is 4.79 Å². The van der Waals surface area contributed by atoms with Gasteiger partial charge in [0.2, 0.25) is 6.23 Å². The molecule has 0 spiro atoms. The van der Waals surface area contributed by atoms with Crippen LogP contribution in [0.25, 0.3) is 0 Å². The molecule has 1 aromatic rings. The first-order chi connectivity index (χ1) is 13.4. The lowest BCUT2D eigenvalue weighted by atomic mass is 10.2. The molecule has 0 saturated heterocycles. The molecule has 0 saturated carbocycles. The minimum atomic E-state index is -2.14. The SMILES string of the molecule is CC(C)(C)[Si](C)(C)OCC1=C[C@@H](O[Si](C)(C)C(C)(C)C)[C@H](n2ccc(=O)[nH]c2=O)O1. The monoisotopic (exact) mass is 454 g/mol. The van der Waals surface area contributed by atoms with E-state index >= 15 is 0 Å². The van der Waals surface area contributed by atoms with Crippen molar-refractivity contribution in [2.45, 2.75) is 90.1 Å². The van der Waals surface area contributed by atoms with Crippen LogP contribution in [0.5, 0.6) is 0 Å². The van der Waals surface area contributed by atoms with Gasteiger partial charge in [-0.1, -0.05) is 41.5 Å². The Morgan fingerprint density at radius 3 is 2.10 bits per heavy atom. The van der Waals surface area contributed by atoms with Crippen molar-refractivity contribution in [2.24, 2.45) is 0 Å². The molecular formula is C21H38N2O5Si2. The van der Waals surface area contributed by atoms with Crippen LogP contribution in [0.3, 0.4) is 0 Å². The first kappa shape index (κ1) is 24.8. The molecule has 7 nitrogen and oxygen atoms in total. The molecule has 1 aliphatic rings. The Hall–Kier alpha value is -1.43. The number of ether oxygens (including phenoxy) is 1. The molecule has 170 valence electrons. The van der Waals surface area contributed by atoms with Crippen LogP contribution in [0, 0.1) is 0 Å². The molecule has 0 unspecified atom stereocenters. The Morgan fingerprint density at radius 1 is 1.03 bits per heavy atom. The minimum Gasteiger partial charge on any atom is -0.469 e. The predicted octanol–water partition coefficient (Wildman–Crippen LogP) is 4.36. The average Bonchev–Trinajstić information content (AvgIpc) is 2.93. The lowest BCUT2D eigenvalue weighted by Gasteiger charge is -2.39. The van der Waals surface area contributed by atoms with Gasteiger partial charge in [0, 0.05) is 12.3 Å². The van der Waals surface area contributed by atoms with Gasteiger partial charge in [-0.3, -0.25) is 14.3 Å². The summed E-state index contributed by atoms with van der Waals surface area (Å²) >= 11 is 0. The Balaban J connectivity index is 2.33. The van der Waals surface area contributed by atoms with Gasteiger partial charge in [-0.05, 0) is 42.3 Å².